The minimum absolute atomic E-state index is 0.207. The second-order valence-corrected chi connectivity index (χ2v) is 5.53. The zero-order valence-electron chi connectivity index (χ0n) is 11.6. The number of benzene rings is 1. The Bertz CT molecular complexity index is 397. The molecular weight excluding hydrogens is 224 g/mol. The molecule has 1 unspecified atom stereocenters. The first-order valence-corrected chi connectivity index (χ1v) is 6.80. The maximum atomic E-state index is 9.99. The van der Waals surface area contributed by atoms with Crippen molar-refractivity contribution in [3.05, 3.63) is 29.3 Å². The molecule has 3 nitrogen and oxygen atoms in total. The van der Waals surface area contributed by atoms with E-state index in [1.807, 2.05) is 19.1 Å². The molecule has 0 spiro atoms. The fourth-order valence-corrected chi connectivity index (χ4v) is 2.64. The van der Waals surface area contributed by atoms with E-state index < -0.39 is 0 Å². The summed E-state index contributed by atoms with van der Waals surface area (Å²) in [5.41, 5.74) is 2.10. The molecule has 1 aromatic rings. The summed E-state index contributed by atoms with van der Waals surface area (Å²) in [6.45, 7) is 6.44. The predicted octanol–water partition coefficient (Wildman–Crippen LogP) is 2.45. The van der Waals surface area contributed by atoms with E-state index in [4.69, 9.17) is 0 Å². The summed E-state index contributed by atoms with van der Waals surface area (Å²) in [5.74, 6) is 0.405. The third-order valence-electron chi connectivity index (χ3n) is 3.86. The molecular formula is C15H24N2O. The Labute approximate surface area is 110 Å². The Morgan fingerprint density at radius 1 is 1.33 bits per heavy atom. The lowest BCUT2D eigenvalue weighted by atomic mass is 10.0. The summed E-state index contributed by atoms with van der Waals surface area (Å²) in [4.78, 5) is 2.37. The van der Waals surface area contributed by atoms with E-state index in [0.717, 1.165) is 24.2 Å². The van der Waals surface area contributed by atoms with E-state index in [0.29, 0.717) is 11.8 Å². The van der Waals surface area contributed by atoms with Crippen molar-refractivity contribution >= 4 is 0 Å². The molecule has 0 aromatic heterocycles. The lowest BCUT2D eigenvalue weighted by Crippen LogP contribution is -2.41. The van der Waals surface area contributed by atoms with Gasteiger partial charge in [0.15, 0.2) is 0 Å². The molecule has 0 aliphatic carbocycles. The van der Waals surface area contributed by atoms with Gasteiger partial charge in [0.2, 0.25) is 0 Å². The molecule has 1 aromatic carbocycles. The smallest absolute Gasteiger partial charge is 0.120 e. The molecule has 1 atom stereocenters. The molecule has 2 N–H and O–H groups in total. The van der Waals surface area contributed by atoms with Crippen molar-refractivity contribution in [3.8, 4) is 5.75 Å². The predicted molar refractivity (Wildman–Crippen MR) is 74.9 cm³/mol. The van der Waals surface area contributed by atoms with E-state index in [9.17, 15) is 5.11 Å². The molecule has 18 heavy (non-hydrogen) atoms. The summed E-state index contributed by atoms with van der Waals surface area (Å²) >= 11 is 0. The van der Waals surface area contributed by atoms with Gasteiger partial charge >= 0.3 is 0 Å². The van der Waals surface area contributed by atoms with Crippen molar-refractivity contribution in [2.24, 2.45) is 0 Å². The van der Waals surface area contributed by atoms with Gasteiger partial charge in [-0.2, -0.15) is 0 Å². The Morgan fingerprint density at radius 3 is 2.61 bits per heavy atom. The first-order valence-electron chi connectivity index (χ1n) is 6.80. The SMILES string of the molecule is Cc1ccc(C(C)NC2CCN(C)CC2)c(O)c1. The standard InChI is InChI=1S/C15H24N2O/c1-11-4-5-14(15(18)10-11)12(2)16-13-6-8-17(3)9-7-13/h4-5,10,12-13,16,18H,6-9H2,1-3H3. The molecule has 0 saturated carbocycles. The Balaban J connectivity index is 1.97. The van der Waals surface area contributed by atoms with E-state index >= 15 is 0 Å². The maximum absolute atomic E-state index is 9.99. The third-order valence-corrected chi connectivity index (χ3v) is 3.86. The largest absolute Gasteiger partial charge is 0.508 e. The number of rotatable bonds is 3. The summed E-state index contributed by atoms with van der Waals surface area (Å²) < 4.78 is 0. The van der Waals surface area contributed by atoms with Crippen LogP contribution < -0.4 is 5.32 Å². The molecule has 100 valence electrons. The zero-order valence-corrected chi connectivity index (χ0v) is 11.6. The van der Waals surface area contributed by atoms with Crippen LogP contribution in [-0.4, -0.2) is 36.2 Å². The van der Waals surface area contributed by atoms with Gasteiger partial charge in [-0.1, -0.05) is 12.1 Å². The van der Waals surface area contributed by atoms with Crippen LogP contribution in [0.3, 0.4) is 0 Å². The average Bonchev–Trinajstić information content (AvgIpc) is 2.32. The highest BCUT2D eigenvalue weighted by Crippen LogP contribution is 2.26. The molecule has 0 amide bonds. The van der Waals surface area contributed by atoms with E-state index in [1.54, 1.807) is 0 Å². The van der Waals surface area contributed by atoms with E-state index in [-0.39, 0.29) is 6.04 Å². The zero-order chi connectivity index (χ0) is 13.1. The van der Waals surface area contributed by atoms with Gasteiger partial charge < -0.3 is 15.3 Å². The number of phenols is 1. The highest BCUT2D eigenvalue weighted by molar-refractivity contribution is 5.37. The third kappa shape index (κ3) is 3.24. The van der Waals surface area contributed by atoms with E-state index in [2.05, 4.69) is 30.3 Å². The first kappa shape index (κ1) is 13.4. The molecule has 1 aliphatic heterocycles. The highest BCUT2D eigenvalue weighted by atomic mass is 16.3. The van der Waals surface area contributed by atoms with Crippen molar-refractivity contribution in [2.75, 3.05) is 20.1 Å². The Kier molecular flexibility index (Phi) is 4.25. The van der Waals surface area contributed by atoms with Crippen molar-refractivity contribution in [1.82, 2.24) is 10.2 Å². The number of hydrogen-bond donors (Lipinski definition) is 2. The second kappa shape index (κ2) is 5.72. The van der Waals surface area contributed by atoms with Gasteiger partial charge in [-0.3, -0.25) is 0 Å². The van der Waals surface area contributed by atoms with Gasteiger partial charge in [0.05, 0.1) is 0 Å². The summed E-state index contributed by atoms with van der Waals surface area (Å²) in [6, 6.07) is 6.69. The maximum Gasteiger partial charge on any atom is 0.120 e. The van der Waals surface area contributed by atoms with Gasteiger partial charge in [-0.15, -0.1) is 0 Å². The van der Waals surface area contributed by atoms with Gasteiger partial charge in [0.25, 0.3) is 0 Å². The van der Waals surface area contributed by atoms with Gasteiger partial charge in [-0.05, 0) is 58.5 Å². The first-order chi connectivity index (χ1) is 8.56. The van der Waals surface area contributed by atoms with Crippen molar-refractivity contribution in [1.29, 1.82) is 0 Å². The lowest BCUT2D eigenvalue weighted by Gasteiger charge is -2.32. The van der Waals surface area contributed by atoms with E-state index in [1.165, 1.54) is 12.8 Å². The van der Waals surface area contributed by atoms with Crippen LogP contribution in [0, 0.1) is 6.92 Å². The van der Waals surface area contributed by atoms with Crippen LogP contribution in [0.1, 0.15) is 36.9 Å². The van der Waals surface area contributed by atoms with Gasteiger partial charge in [0.1, 0.15) is 5.75 Å². The number of nitrogens with zero attached hydrogens (tertiary/aromatic N) is 1. The molecule has 3 heteroatoms. The Morgan fingerprint density at radius 2 is 2.00 bits per heavy atom. The van der Waals surface area contributed by atoms with Gasteiger partial charge in [-0.25, -0.2) is 0 Å². The molecule has 1 heterocycles. The fraction of sp³-hybridized carbons (Fsp3) is 0.600. The number of likely N-dealkylation sites (tertiary alicyclic amines) is 1. The number of nitrogens with one attached hydrogen (secondary N) is 1. The number of phenolic OH excluding ortho intramolecular Hbond substituents is 1. The monoisotopic (exact) mass is 248 g/mol. The molecule has 1 saturated heterocycles. The molecule has 1 fully saturated rings. The van der Waals surface area contributed by atoms with Crippen LogP contribution in [-0.2, 0) is 0 Å². The number of hydrogen-bond acceptors (Lipinski definition) is 3. The van der Waals surface area contributed by atoms with Crippen LogP contribution in [0.25, 0.3) is 0 Å². The van der Waals surface area contributed by atoms with Crippen LogP contribution in [0.2, 0.25) is 0 Å². The van der Waals surface area contributed by atoms with Crippen LogP contribution in [0.4, 0.5) is 0 Å². The lowest BCUT2D eigenvalue weighted by molar-refractivity contribution is 0.226. The minimum atomic E-state index is 0.207. The second-order valence-electron chi connectivity index (χ2n) is 5.53. The fourth-order valence-electron chi connectivity index (χ4n) is 2.64. The number of aryl methyl sites for hydroxylation is 1. The van der Waals surface area contributed by atoms with Crippen LogP contribution >= 0.6 is 0 Å². The molecule has 2 rings (SSSR count). The summed E-state index contributed by atoms with van der Waals surface area (Å²) in [5, 5.41) is 13.6. The molecule has 1 aliphatic rings. The topological polar surface area (TPSA) is 35.5 Å². The highest BCUT2D eigenvalue weighted by Gasteiger charge is 2.19. The minimum Gasteiger partial charge on any atom is -0.508 e. The number of piperidine rings is 1. The summed E-state index contributed by atoms with van der Waals surface area (Å²) in [6.07, 6.45) is 2.38. The quantitative estimate of drug-likeness (QED) is 0.862. The average molecular weight is 248 g/mol. The van der Waals surface area contributed by atoms with Gasteiger partial charge in [0, 0.05) is 17.6 Å². The van der Waals surface area contributed by atoms with Crippen molar-refractivity contribution < 1.29 is 5.11 Å². The van der Waals surface area contributed by atoms with Crippen LogP contribution in [0.5, 0.6) is 5.75 Å². The number of aromatic hydroxyl groups is 1. The summed E-state index contributed by atoms with van der Waals surface area (Å²) in [7, 11) is 2.17. The molecule has 0 radical (unpaired) electrons. The normalized spacial score (nSPS) is 19.9. The Hall–Kier alpha value is -1.06. The van der Waals surface area contributed by atoms with Crippen LogP contribution in [0.15, 0.2) is 18.2 Å². The van der Waals surface area contributed by atoms with Crippen molar-refractivity contribution in [3.63, 3.8) is 0 Å². The van der Waals surface area contributed by atoms with Crippen molar-refractivity contribution in [2.45, 2.75) is 38.8 Å². The molecule has 0 bridgehead atoms.